The van der Waals surface area contributed by atoms with E-state index < -0.39 is 0 Å². The maximum Gasteiger partial charge on any atom is 0.159 e. The molecule has 0 radical (unpaired) electrons. The van der Waals surface area contributed by atoms with E-state index in [2.05, 4.69) is 6.92 Å². The topological polar surface area (TPSA) is 34.1 Å². The molecule has 0 aliphatic carbocycles. The van der Waals surface area contributed by atoms with Crippen molar-refractivity contribution in [1.82, 2.24) is 0 Å². The van der Waals surface area contributed by atoms with Gasteiger partial charge >= 0.3 is 0 Å². The van der Waals surface area contributed by atoms with Crippen LogP contribution in [-0.2, 0) is 9.59 Å². The molecule has 0 aliphatic rings. The summed E-state index contributed by atoms with van der Waals surface area (Å²) in [6.45, 7) is 9.66. The Kier molecular flexibility index (Phi) is 8.62. The number of hydrogen-bond acceptors (Lipinski definition) is 2. The van der Waals surface area contributed by atoms with Crippen molar-refractivity contribution in [3.05, 3.63) is 11.6 Å². The first kappa shape index (κ1) is 18.1. The van der Waals surface area contributed by atoms with Gasteiger partial charge in [0.2, 0.25) is 0 Å². The number of unbranched alkanes of at least 4 members (excludes halogenated alkanes) is 5. The molecule has 0 rings (SSSR count). The first-order valence-corrected chi connectivity index (χ1v) is 7.55. The van der Waals surface area contributed by atoms with Gasteiger partial charge in [0, 0.05) is 12.0 Å². The molecule has 0 saturated heterocycles. The third-order valence-corrected chi connectivity index (χ3v) is 3.21. The van der Waals surface area contributed by atoms with Crippen LogP contribution in [0.2, 0.25) is 0 Å². The predicted octanol–water partition coefficient (Wildman–Crippen LogP) is 4.87. The SMILES string of the molecule is CCCCCCCCC(=O)/C(=C/C(C)=O)C(C)(C)C. The van der Waals surface area contributed by atoms with Crippen molar-refractivity contribution in [3.8, 4) is 0 Å². The van der Waals surface area contributed by atoms with Gasteiger partial charge < -0.3 is 0 Å². The number of ketones is 2. The predicted molar refractivity (Wildman–Crippen MR) is 81.2 cm³/mol. The molecular formula is C17H30O2. The maximum absolute atomic E-state index is 12.2. The van der Waals surface area contributed by atoms with Gasteiger partial charge in [-0.3, -0.25) is 9.59 Å². The zero-order valence-corrected chi connectivity index (χ0v) is 13.3. The van der Waals surface area contributed by atoms with Crippen molar-refractivity contribution in [1.29, 1.82) is 0 Å². The van der Waals surface area contributed by atoms with Gasteiger partial charge in [-0.2, -0.15) is 0 Å². The Bertz CT molecular complexity index is 319. The van der Waals surface area contributed by atoms with Crippen LogP contribution in [0.15, 0.2) is 11.6 Å². The lowest BCUT2D eigenvalue weighted by Gasteiger charge is -2.21. The lowest BCUT2D eigenvalue weighted by Crippen LogP contribution is -2.19. The summed E-state index contributed by atoms with van der Waals surface area (Å²) in [5.41, 5.74) is 0.430. The minimum Gasteiger partial charge on any atom is -0.295 e. The summed E-state index contributed by atoms with van der Waals surface area (Å²) in [6.07, 6.45) is 9.14. The van der Waals surface area contributed by atoms with E-state index in [9.17, 15) is 9.59 Å². The summed E-state index contributed by atoms with van der Waals surface area (Å²) in [6, 6.07) is 0. The average molecular weight is 266 g/mol. The van der Waals surface area contributed by atoms with Crippen molar-refractivity contribution < 1.29 is 9.59 Å². The van der Waals surface area contributed by atoms with Gasteiger partial charge in [-0.15, -0.1) is 0 Å². The first-order chi connectivity index (χ1) is 8.79. The summed E-state index contributed by atoms with van der Waals surface area (Å²) in [4.78, 5) is 23.4. The highest BCUT2D eigenvalue weighted by molar-refractivity contribution is 6.02. The van der Waals surface area contributed by atoms with E-state index in [-0.39, 0.29) is 17.0 Å². The molecule has 2 heteroatoms. The molecule has 19 heavy (non-hydrogen) atoms. The molecule has 0 aromatic rings. The van der Waals surface area contributed by atoms with Crippen LogP contribution < -0.4 is 0 Å². The monoisotopic (exact) mass is 266 g/mol. The summed E-state index contributed by atoms with van der Waals surface area (Å²) >= 11 is 0. The summed E-state index contributed by atoms with van der Waals surface area (Å²) in [7, 11) is 0. The molecule has 0 unspecified atom stereocenters. The normalized spacial score (nSPS) is 12.6. The quantitative estimate of drug-likeness (QED) is 0.441. The van der Waals surface area contributed by atoms with Gasteiger partial charge in [0.25, 0.3) is 0 Å². The number of carbonyl (C=O) groups is 2. The van der Waals surface area contributed by atoms with E-state index in [1.807, 2.05) is 20.8 Å². The Morgan fingerprint density at radius 2 is 1.47 bits per heavy atom. The highest BCUT2D eigenvalue weighted by atomic mass is 16.1. The lowest BCUT2D eigenvalue weighted by atomic mass is 9.82. The molecule has 0 fully saturated rings. The van der Waals surface area contributed by atoms with Crippen molar-refractivity contribution in [2.24, 2.45) is 5.41 Å². The molecule has 0 aromatic carbocycles. The molecule has 0 saturated carbocycles. The zero-order chi connectivity index (χ0) is 14.9. The van der Waals surface area contributed by atoms with Crippen LogP contribution >= 0.6 is 0 Å². The lowest BCUT2D eigenvalue weighted by molar-refractivity contribution is -0.117. The molecule has 110 valence electrons. The van der Waals surface area contributed by atoms with Gasteiger partial charge in [-0.25, -0.2) is 0 Å². The van der Waals surface area contributed by atoms with Gasteiger partial charge in [0.15, 0.2) is 11.6 Å². The highest BCUT2D eigenvalue weighted by Gasteiger charge is 2.23. The van der Waals surface area contributed by atoms with Crippen molar-refractivity contribution in [2.75, 3.05) is 0 Å². The molecule has 0 amide bonds. The van der Waals surface area contributed by atoms with E-state index in [4.69, 9.17) is 0 Å². The minimum atomic E-state index is -0.245. The molecular weight excluding hydrogens is 236 g/mol. The van der Waals surface area contributed by atoms with Crippen LogP contribution in [-0.4, -0.2) is 11.6 Å². The molecule has 0 aliphatic heterocycles. The number of carbonyl (C=O) groups excluding carboxylic acids is 2. The number of hydrogen-bond donors (Lipinski definition) is 0. The van der Waals surface area contributed by atoms with E-state index in [1.54, 1.807) is 0 Å². The van der Waals surface area contributed by atoms with Crippen LogP contribution in [0.4, 0.5) is 0 Å². The summed E-state index contributed by atoms with van der Waals surface area (Å²) in [5.74, 6) is 0.0967. The zero-order valence-electron chi connectivity index (χ0n) is 13.3. The average Bonchev–Trinajstić information content (AvgIpc) is 2.28. The van der Waals surface area contributed by atoms with E-state index in [1.165, 1.54) is 38.7 Å². The molecule has 0 bridgehead atoms. The standard InChI is InChI=1S/C17H30O2/c1-6-7-8-9-10-11-12-16(19)15(13-14(2)18)17(3,4)5/h13H,6-12H2,1-5H3/b15-13-. The van der Waals surface area contributed by atoms with E-state index in [0.29, 0.717) is 12.0 Å². The third kappa shape index (κ3) is 8.74. The summed E-state index contributed by atoms with van der Waals surface area (Å²) < 4.78 is 0. The van der Waals surface area contributed by atoms with Crippen molar-refractivity contribution in [3.63, 3.8) is 0 Å². The summed E-state index contributed by atoms with van der Waals surface area (Å²) in [5, 5.41) is 0. The van der Waals surface area contributed by atoms with Crippen molar-refractivity contribution in [2.45, 2.75) is 79.6 Å². The maximum atomic E-state index is 12.2. The van der Waals surface area contributed by atoms with Gasteiger partial charge in [0.05, 0.1) is 0 Å². The second-order valence-electron chi connectivity index (χ2n) is 6.36. The molecule has 2 nitrogen and oxygen atoms in total. The van der Waals surface area contributed by atoms with Gasteiger partial charge in [-0.05, 0) is 24.8 Å². The fraction of sp³-hybridized carbons (Fsp3) is 0.765. The molecule has 0 heterocycles. The largest absolute Gasteiger partial charge is 0.295 e. The fourth-order valence-corrected chi connectivity index (χ4v) is 2.12. The second-order valence-corrected chi connectivity index (χ2v) is 6.36. The van der Waals surface area contributed by atoms with E-state index >= 15 is 0 Å². The number of rotatable bonds is 9. The Balaban J connectivity index is 4.25. The van der Waals surface area contributed by atoms with Crippen LogP contribution in [0.1, 0.15) is 79.6 Å². The molecule has 0 atom stereocenters. The van der Waals surface area contributed by atoms with Crippen molar-refractivity contribution >= 4 is 11.6 Å². The van der Waals surface area contributed by atoms with E-state index in [0.717, 1.165) is 12.8 Å². The smallest absolute Gasteiger partial charge is 0.159 e. The second kappa shape index (κ2) is 9.06. The third-order valence-electron chi connectivity index (χ3n) is 3.21. The Hall–Kier alpha value is -0.920. The van der Waals surface area contributed by atoms with Crippen LogP contribution in [0, 0.1) is 5.41 Å². The number of allylic oxidation sites excluding steroid dienone is 2. The Labute approximate surface area is 118 Å². The first-order valence-electron chi connectivity index (χ1n) is 7.55. The molecule has 0 N–H and O–H groups in total. The molecule has 0 spiro atoms. The Morgan fingerprint density at radius 1 is 0.947 bits per heavy atom. The fourth-order valence-electron chi connectivity index (χ4n) is 2.12. The van der Waals surface area contributed by atoms with Crippen LogP contribution in [0.3, 0.4) is 0 Å². The Morgan fingerprint density at radius 3 is 1.95 bits per heavy atom. The van der Waals surface area contributed by atoms with Gasteiger partial charge in [0.1, 0.15) is 0 Å². The van der Waals surface area contributed by atoms with Crippen LogP contribution in [0.5, 0.6) is 0 Å². The molecule has 0 aromatic heterocycles. The van der Waals surface area contributed by atoms with Crippen LogP contribution in [0.25, 0.3) is 0 Å². The van der Waals surface area contributed by atoms with Gasteiger partial charge in [-0.1, -0.05) is 59.8 Å². The minimum absolute atomic E-state index is 0.0405. The number of Topliss-reactive ketones (excluding diaryl/α,β-unsaturated/α-hetero) is 1. The highest BCUT2D eigenvalue weighted by Crippen LogP contribution is 2.27.